The third-order valence-corrected chi connectivity index (χ3v) is 2.91. The van der Waals surface area contributed by atoms with Gasteiger partial charge in [0.1, 0.15) is 0 Å². The molecule has 86 valence electrons. The number of likely N-dealkylation sites (tertiary alicyclic amines) is 1. The minimum atomic E-state index is 0.118. The molecule has 0 spiro atoms. The highest BCUT2D eigenvalue weighted by atomic mass is 16.5. The Morgan fingerprint density at radius 3 is 3.00 bits per heavy atom. The number of carbonyl (C=O) groups is 1. The molecular formula is C12H21NO2. The largest absolute Gasteiger partial charge is 0.377 e. The molecular weight excluding hydrogens is 190 g/mol. The molecule has 15 heavy (non-hydrogen) atoms. The van der Waals surface area contributed by atoms with E-state index < -0.39 is 0 Å². The van der Waals surface area contributed by atoms with Crippen molar-refractivity contribution >= 4 is 5.91 Å². The Morgan fingerprint density at radius 2 is 2.40 bits per heavy atom. The van der Waals surface area contributed by atoms with Crippen molar-refractivity contribution in [3.05, 3.63) is 12.7 Å². The molecule has 1 atom stereocenters. The van der Waals surface area contributed by atoms with Crippen LogP contribution in [-0.4, -0.2) is 37.1 Å². The van der Waals surface area contributed by atoms with Crippen molar-refractivity contribution in [3.8, 4) is 0 Å². The van der Waals surface area contributed by atoms with Crippen LogP contribution in [0.4, 0.5) is 0 Å². The third kappa shape index (κ3) is 3.67. The second-order valence-electron chi connectivity index (χ2n) is 4.66. The van der Waals surface area contributed by atoms with Crippen molar-refractivity contribution in [3.63, 3.8) is 0 Å². The molecule has 1 rings (SSSR count). The van der Waals surface area contributed by atoms with Crippen LogP contribution in [0.2, 0.25) is 0 Å². The molecule has 0 aliphatic carbocycles. The SMILES string of the molecule is C=CCOCC1(C)CCCN(C(C)=O)C1. The molecule has 0 aromatic heterocycles. The van der Waals surface area contributed by atoms with Crippen LogP contribution in [-0.2, 0) is 9.53 Å². The Hall–Kier alpha value is -0.830. The van der Waals surface area contributed by atoms with Gasteiger partial charge in [0.2, 0.25) is 5.91 Å². The van der Waals surface area contributed by atoms with E-state index in [-0.39, 0.29) is 11.3 Å². The molecule has 1 amide bonds. The summed E-state index contributed by atoms with van der Waals surface area (Å²) in [6, 6.07) is 0. The van der Waals surface area contributed by atoms with Crippen molar-refractivity contribution in [2.75, 3.05) is 26.3 Å². The van der Waals surface area contributed by atoms with Crippen LogP contribution >= 0.6 is 0 Å². The molecule has 1 saturated heterocycles. The fraction of sp³-hybridized carbons (Fsp3) is 0.750. The first-order valence-corrected chi connectivity index (χ1v) is 5.51. The zero-order valence-corrected chi connectivity index (χ0v) is 9.79. The highest BCUT2D eigenvalue weighted by molar-refractivity contribution is 5.73. The van der Waals surface area contributed by atoms with E-state index in [1.165, 1.54) is 0 Å². The molecule has 0 aromatic carbocycles. The fourth-order valence-electron chi connectivity index (χ4n) is 2.09. The van der Waals surface area contributed by atoms with E-state index in [4.69, 9.17) is 4.74 Å². The molecule has 3 heteroatoms. The Kier molecular flexibility index (Phi) is 4.33. The second-order valence-corrected chi connectivity index (χ2v) is 4.66. The van der Waals surface area contributed by atoms with Gasteiger partial charge < -0.3 is 9.64 Å². The van der Waals surface area contributed by atoms with E-state index in [9.17, 15) is 4.79 Å². The van der Waals surface area contributed by atoms with Crippen molar-refractivity contribution in [1.29, 1.82) is 0 Å². The van der Waals surface area contributed by atoms with Crippen LogP contribution in [0.25, 0.3) is 0 Å². The average Bonchev–Trinajstić information content (AvgIpc) is 2.18. The maximum absolute atomic E-state index is 11.3. The van der Waals surface area contributed by atoms with Gasteiger partial charge in [0.25, 0.3) is 0 Å². The van der Waals surface area contributed by atoms with E-state index in [2.05, 4.69) is 13.5 Å². The van der Waals surface area contributed by atoms with E-state index in [1.54, 1.807) is 13.0 Å². The van der Waals surface area contributed by atoms with E-state index >= 15 is 0 Å². The van der Waals surface area contributed by atoms with Crippen LogP contribution in [0, 0.1) is 5.41 Å². The summed E-state index contributed by atoms with van der Waals surface area (Å²) >= 11 is 0. The first-order chi connectivity index (χ1) is 7.07. The molecule has 0 N–H and O–H groups in total. The maximum Gasteiger partial charge on any atom is 0.219 e. The lowest BCUT2D eigenvalue weighted by Crippen LogP contribution is -2.46. The fourth-order valence-corrected chi connectivity index (χ4v) is 2.09. The Morgan fingerprint density at radius 1 is 1.67 bits per heavy atom. The third-order valence-electron chi connectivity index (χ3n) is 2.91. The first kappa shape index (κ1) is 12.2. The lowest BCUT2D eigenvalue weighted by Gasteiger charge is -2.39. The predicted octanol–water partition coefficient (Wildman–Crippen LogP) is 1.84. The summed E-state index contributed by atoms with van der Waals surface area (Å²) in [5, 5.41) is 0. The highest BCUT2D eigenvalue weighted by Crippen LogP contribution is 2.29. The normalized spacial score (nSPS) is 26.4. The second kappa shape index (κ2) is 5.31. The number of ether oxygens (including phenoxy) is 1. The van der Waals surface area contributed by atoms with Gasteiger partial charge >= 0.3 is 0 Å². The predicted molar refractivity (Wildman–Crippen MR) is 60.6 cm³/mol. The van der Waals surface area contributed by atoms with Crippen molar-refractivity contribution < 1.29 is 9.53 Å². The number of piperidine rings is 1. The van der Waals surface area contributed by atoms with Gasteiger partial charge in [-0.2, -0.15) is 0 Å². The summed E-state index contributed by atoms with van der Waals surface area (Å²) in [6.07, 6.45) is 3.97. The van der Waals surface area contributed by atoms with Crippen LogP contribution < -0.4 is 0 Å². The van der Waals surface area contributed by atoms with Crippen LogP contribution in [0.5, 0.6) is 0 Å². The molecule has 1 aliphatic heterocycles. The van der Waals surface area contributed by atoms with Gasteiger partial charge in [0, 0.05) is 25.4 Å². The molecule has 0 radical (unpaired) electrons. The number of carbonyl (C=O) groups excluding carboxylic acids is 1. The summed E-state index contributed by atoms with van der Waals surface area (Å²) in [4.78, 5) is 13.2. The molecule has 1 aliphatic rings. The van der Waals surface area contributed by atoms with Crippen molar-refractivity contribution in [2.45, 2.75) is 26.7 Å². The van der Waals surface area contributed by atoms with Crippen molar-refractivity contribution in [2.24, 2.45) is 5.41 Å². The summed E-state index contributed by atoms with van der Waals surface area (Å²) in [6.45, 7) is 10.5. The molecule has 1 heterocycles. The molecule has 0 aromatic rings. The topological polar surface area (TPSA) is 29.5 Å². The van der Waals surface area contributed by atoms with Gasteiger partial charge in [0.15, 0.2) is 0 Å². The van der Waals surface area contributed by atoms with Gasteiger partial charge in [-0.05, 0) is 12.8 Å². The summed E-state index contributed by atoms with van der Waals surface area (Å²) in [5.41, 5.74) is 0.118. The van der Waals surface area contributed by atoms with Gasteiger partial charge in [-0.15, -0.1) is 6.58 Å². The summed E-state index contributed by atoms with van der Waals surface area (Å²) in [5.74, 6) is 0.171. The highest BCUT2D eigenvalue weighted by Gasteiger charge is 2.32. The number of nitrogens with zero attached hydrogens (tertiary/aromatic N) is 1. The quantitative estimate of drug-likeness (QED) is 0.524. The minimum Gasteiger partial charge on any atom is -0.377 e. The molecule has 1 unspecified atom stereocenters. The Labute approximate surface area is 92.1 Å². The molecule has 0 bridgehead atoms. The van der Waals surface area contributed by atoms with Gasteiger partial charge in [0.05, 0.1) is 13.2 Å². The maximum atomic E-state index is 11.3. The zero-order valence-electron chi connectivity index (χ0n) is 9.79. The minimum absolute atomic E-state index is 0.118. The Bertz CT molecular complexity index is 240. The van der Waals surface area contributed by atoms with Crippen LogP contribution in [0.1, 0.15) is 26.7 Å². The lowest BCUT2D eigenvalue weighted by molar-refractivity contribution is -0.133. The van der Waals surface area contributed by atoms with Gasteiger partial charge in [-0.3, -0.25) is 4.79 Å². The molecule has 3 nitrogen and oxygen atoms in total. The smallest absolute Gasteiger partial charge is 0.219 e. The van der Waals surface area contributed by atoms with Crippen molar-refractivity contribution in [1.82, 2.24) is 4.90 Å². The van der Waals surface area contributed by atoms with Crippen LogP contribution in [0.3, 0.4) is 0 Å². The summed E-state index contributed by atoms with van der Waals surface area (Å²) in [7, 11) is 0. The standard InChI is InChI=1S/C12H21NO2/c1-4-8-15-10-12(3)6-5-7-13(9-12)11(2)14/h4H,1,5-10H2,2-3H3. The Balaban J connectivity index is 2.44. The van der Waals surface area contributed by atoms with E-state index in [0.717, 1.165) is 25.9 Å². The lowest BCUT2D eigenvalue weighted by atomic mass is 9.82. The molecule has 1 fully saturated rings. The number of amides is 1. The van der Waals surface area contributed by atoms with Gasteiger partial charge in [-0.25, -0.2) is 0 Å². The number of hydrogen-bond donors (Lipinski definition) is 0. The molecule has 0 saturated carbocycles. The zero-order chi connectivity index (χ0) is 11.3. The van der Waals surface area contributed by atoms with E-state index in [0.29, 0.717) is 13.2 Å². The average molecular weight is 211 g/mol. The summed E-state index contributed by atoms with van der Waals surface area (Å²) < 4.78 is 5.50. The number of rotatable bonds is 4. The van der Waals surface area contributed by atoms with E-state index in [1.807, 2.05) is 4.90 Å². The monoisotopic (exact) mass is 211 g/mol. The van der Waals surface area contributed by atoms with Crippen LogP contribution in [0.15, 0.2) is 12.7 Å². The number of hydrogen-bond acceptors (Lipinski definition) is 2. The first-order valence-electron chi connectivity index (χ1n) is 5.51. The van der Waals surface area contributed by atoms with Gasteiger partial charge in [-0.1, -0.05) is 13.0 Å².